The molecule has 0 aromatic heterocycles. The molecule has 128 valence electrons. The molecule has 3 rings (SSSR count). The number of para-hydroxylation sites is 1. The Morgan fingerprint density at radius 2 is 1.13 bits per heavy atom. The van der Waals surface area contributed by atoms with Crippen LogP contribution in [0.4, 0.5) is 0 Å². The first kappa shape index (κ1) is 18.0. The Morgan fingerprint density at radius 3 is 1.43 bits per heavy atom. The second kappa shape index (κ2) is 7.93. The van der Waals surface area contributed by atoms with Gasteiger partial charge in [0.05, 0.1) is 0 Å². The van der Waals surface area contributed by atoms with Crippen LogP contribution in [0.15, 0.2) is 30.3 Å². The molecule has 4 nitrogen and oxygen atoms in total. The van der Waals surface area contributed by atoms with Gasteiger partial charge in [0.15, 0.2) is 5.78 Å². The average Bonchev–Trinajstić information content (AvgIpc) is 2.57. The Kier molecular flexibility index (Phi) is 6.19. The monoisotopic (exact) mass is 320 g/mol. The van der Waals surface area contributed by atoms with Crippen molar-refractivity contribution in [2.75, 3.05) is 0 Å². The van der Waals surface area contributed by atoms with E-state index in [0.29, 0.717) is 31.4 Å². The third kappa shape index (κ3) is 4.79. The van der Waals surface area contributed by atoms with Gasteiger partial charge in [-0.05, 0) is 37.8 Å². The molecule has 0 radical (unpaired) electrons. The van der Waals surface area contributed by atoms with E-state index in [4.69, 9.17) is 5.11 Å². The number of aliphatic hydroxyl groups is 2. The molecular weight excluding hydrogens is 292 g/mol. The number of Topliss-reactive ketones (excluding diaryl/α,β-unsaturated/α-hetero) is 1. The van der Waals surface area contributed by atoms with Crippen molar-refractivity contribution in [1.29, 1.82) is 0 Å². The molecule has 0 atom stereocenters. The van der Waals surface area contributed by atoms with Gasteiger partial charge in [0.2, 0.25) is 0 Å². The number of phenols is 1. The average molecular weight is 320 g/mol. The van der Waals surface area contributed by atoms with E-state index in [9.17, 15) is 15.0 Å². The highest BCUT2D eigenvalue weighted by Crippen LogP contribution is 2.37. The molecule has 23 heavy (non-hydrogen) atoms. The molecule has 0 amide bonds. The SMILES string of the molecule is O=C(C1(O)CCCCC1)C1(O)CCCCC1.Oc1ccccc1. The zero-order chi connectivity index (χ0) is 16.8. The molecular formula is C19H28O4. The predicted octanol–water partition coefficient (Wildman–Crippen LogP) is 3.34. The van der Waals surface area contributed by atoms with E-state index in [0.717, 1.165) is 38.5 Å². The lowest BCUT2D eigenvalue weighted by atomic mass is 9.71. The first-order chi connectivity index (χ1) is 11.0. The van der Waals surface area contributed by atoms with Crippen LogP contribution in [0, 0.1) is 0 Å². The van der Waals surface area contributed by atoms with Crippen molar-refractivity contribution in [2.45, 2.75) is 75.4 Å². The standard InChI is InChI=1S/C13H22O3.C6H6O/c14-11(12(15)7-3-1-4-8-12)13(16)9-5-2-6-10-13;7-6-4-2-1-3-5-6/h15-16H,1-10H2;1-5,7H. The van der Waals surface area contributed by atoms with E-state index in [1.54, 1.807) is 24.3 Å². The number of hydrogen-bond donors (Lipinski definition) is 3. The van der Waals surface area contributed by atoms with Gasteiger partial charge in [-0.15, -0.1) is 0 Å². The summed E-state index contributed by atoms with van der Waals surface area (Å²) in [6.07, 6.45) is 7.93. The van der Waals surface area contributed by atoms with Crippen molar-refractivity contribution in [3.63, 3.8) is 0 Å². The molecule has 2 saturated carbocycles. The Hall–Kier alpha value is -1.39. The molecule has 0 unspecified atom stereocenters. The van der Waals surface area contributed by atoms with Gasteiger partial charge < -0.3 is 15.3 Å². The van der Waals surface area contributed by atoms with Crippen molar-refractivity contribution < 1.29 is 20.1 Å². The van der Waals surface area contributed by atoms with Crippen LogP contribution in [-0.4, -0.2) is 32.3 Å². The highest BCUT2D eigenvalue weighted by Gasteiger charge is 2.48. The Morgan fingerprint density at radius 1 is 0.739 bits per heavy atom. The summed E-state index contributed by atoms with van der Waals surface area (Å²) in [6, 6.07) is 8.71. The molecule has 2 fully saturated rings. The summed E-state index contributed by atoms with van der Waals surface area (Å²) >= 11 is 0. The van der Waals surface area contributed by atoms with Crippen LogP contribution in [-0.2, 0) is 4.79 Å². The third-order valence-corrected chi connectivity index (χ3v) is 4.96. The number of carbonyl (C=O) groups is 1. The number of ketones is 1. The molecule has 0 aliphatic heterocycles. The van der Waals surface area contributed by atoms with Crippen LogP contribution in [0.25, 0.3) is 0 Å². The minimum Gasteiger partial charge on any atom is -0.508 e. The third-order valence-electron chi connectivity index (χ3n) is 4.96. The molecule has 1 aromatic carbocycles. The van der Waals surface area contributed by atoms with Crippen molar-refractivity contribution in [2.24, 2.45) is 0 Å². The summed E-state index contributed by atoms with van der Waals surface area (Å²) in [7, 11) is 0. The highest BCUT2D eigenvalue weighted by atomic mass is 16.3. The summed E-state index contributed by atoms with van der Waals surface area (Å²) in [5.74, 6) is 0.0295. The molecule has 0 spiro atoms. The number of aromatic hydroxyl groups is 1. The molecule has 3 N–H and O–H groups in total. The zero-order valence-corrected chi connectivity index (χ0v) is 13.7. The van der Waals surface area contributed by atoms with E-state index in [1.165, 1.54) is 0 Å². The molecule has 1 aromatic rings. The van der Waals surface area contributed by atoms with E-state index >= 15 is 0 Å². The van der Waals surface area contributed by atoms with E-state index in [-0.39, 0.29) is 5.78 Å². The van der Waals surface area contributed by atoms with E-state index in [1.807, 2.05) is 6.07 Å². The van der Waals surface area contributed by atoms with Crippen LogP contribution in [0.5, 0.6) is 5.75 Å². The molecule has 4 heteroatoms. The Bertz CT molecular complexity index is 459. The smallest absolute Gasteiger partial charge is 0.195 e. The molecule has 0 heterocycles. The fourth-order valence-electron chi connectivity index (χ4n) is 3.59. The fourth-order valence-corrected chi connectivity index (χ4v) is 3.59. The largest absolute Gasteiger partial charge is 0.508 e. The maximum atomic E-state index is 12.3. The number of carbonyl (C=O) groups excluding carboxylic acids is 1. The summed E-state index contributed by atoms with van der Waals surface area (Å²) in [6.45, 7) is 0. The summed E-state index contributed by atoms with van der Waals surface area (Å²) < 4.78 is 0. The van der Waals surface area contributed by atoms with Crippen LogP contribution >= 0.6 is 0 Å². The fraction of sp³-hybridized carbons (Fsp3) is 0.632. The normalized spacial score (nSPS) is 22.5. The van der Waals surface area contributed by atoms with Gasteiger partial charge in [-0.3, -0.25) is 4.79 Å². The van der Waals surface area contributed by atoms with Gasteiger partial charge >= 0.3 is 0 Å². The summed E-state index contributed by atoms with van der Waals surface area (Å²) in [5.41, 5.74) is -2.46. The van der Waals surface area contributed by atoms with Crippen LogP contribution in [0.1, 0.15) is 64.2 Å². The Balaban J connectivity index is 0.000000229. The predicted molar refractivity (Wildman–Crippen MR) is 89.2 cm³/mol. The van der Waals surface area contributed by atoms with Crippen LogP contribution < -0.4 is 0 Å². The van der Waals surface area contributed by atoms with Gasteiger partial charge in [0.25, 0.3) is 0 Å². The minimum atomic E-state index is -1.23. The maximum absolute atomic E-state index is 12.3. The van der Waals surface area contributed by atoms with Gasteiger partial charge in [-0.2, -0.15) is 0 Å². The summed E-state index contributed by atoms with van der Waals surface area (Å²) in [5, 5.41) is 29.3. The minimum absolute atomic E-state index is 0.292. The van der Waals surface area contributed by atoms with Gasteiger partial charge in [-0.1, -0.05) is 56.7 Å². The first-order valence-corrected chi connectivity index (χ1v) is 8.70. The second-order valence-corrected chi connectivity index (χ2v) is 6.85. The molecule has 0 saturated heterocycles. The lowest BCUT2D eigenvalue weighted by Gasteiger charge is -2.39. The van der Waals surface area contributed by atoms with Crippen molar-refractivity contribution in [3.05, 3.63) is 30.3 Å². The lowest BCUT2D eigenvalue weighted by molar-refractivity contribution is -0.163. The number of rotatable bonds is 2. The van der Waals surface area contributed by atoms with E-state index in [2.05, 4.69) is 0 Å². The van der Waals surface area contributed by atoms with Crippen molar-refractivity contribution >= 4 is 5.78 Å². The van der Waals surface area contributed by atoms with Crippen molar-refractivity contribution in [3.8, 4) is 5.75 Å². The van der Waals surface area contributed by atoms with Crippen LogP contribution in [0.2, 0.25) is 0 Å². The molecule has 0 bridgehead atoms. The quantitative estimate of drug-likeness (QED) is 0.781. The lowest BCUT2D eigenvalue weighted by Crippen LogP contribution is -2.54. The first-order valence-electron chi connectivity index (χ1n) is 8.70. The van der Waals surface area contributed by atoms with Gasteiger partial charge in [-0.25, -0.2) is 0 Å². The van der Waals surface area contributed by atoms with E-state index < -0.39 is 11.2 Å². The molecule has 2 aliphatic rings. The number of phenolic OH excluding ortho intramolecular Hbond substituents is 1. The maximum Gasteiger partial charge on any atom is 0.195 e. The Labute approximate surface area is 138 Å². The van der Waals surface area contributed by atoms with Crippen molar-refractivity contribution in [1.82, 2.24) is 0 Å². The van der Waals surface area contributed by atoms with Gasteiger partial charge in [0.1, 0.15) is 17.0 Å². The number of benzene rings is 1. The second-order valence-electron chi connectivity index (χ2n) is 6.85. The highest BCUT2D eigenvalue weighted by molar-refractivity contribution is 5.94. The van der Waals surface area contributed by atoms with Crippen LogP contribution in [0.3, 0.4) is 0 Å². The van der Waals surface area contributed by atoms with Gasteiger partial charge in [0, 0.05) is 0 Å². The summed E-state index contributed by atoms with van der Waals surface area (Å²) in [4.78, 5) is 12.3. The molecule has 2 aliphatic carbocycles. The zero-order valence-electron chi connectivity index (χ0n) is 13.7. The topological polar surface area (TPSA) is 77.8 Å². The number of hydrogen-bond acceptors (Lipinski definition) is 4.